The van der Waals surface area contributed by atoms with Crippen molar-refractivity contribution in [1.29, 1.82) is 0 Å². The quantitative estimate of drug-likeness (QED) is 0.776. The second kappa shape index (κ2) is 7.86. The third-order valence-electron chi connectivity index (χ3n) is 3.06. The first-order valence-corrected chi connectivity index (χ1v) is 9.54. The topological polar surface area (TPSA) is 89.5 Å². The normalized spacial score (nSPS) is 11.0. The molecule has 0 unspecified atom stereocenters. The number of anilines is 1. The van der Waals surface area contributed by atoms with Crippen molar-refractivity contribution in [3.63, 3.8) is 0 Å². The van der Waals surface area contributed by atoms with Crippen LogP contribution in [-0.2, 0) is 19.4 Å². The van der Waals surface area contributed by atoms with E-state index >= 15 is 0 Å². The Hall–Kier alpha value is -2.09. The van der Waals surface area contributed by atoms with Gasteiger partial charge in [-0.05, 0) is 30.3 Å². The zero-order chi connectivity index (χ0) is 18.6. The van der Waals surface area contributed by atoms with Crippen LogP contribution in [0, 0.1) is 0 Å². The predicted octanol–water partition coefficient (Wildman–Crippen LogP) is 3.19. The number of amides is 1. The van der Waals surface area contributed by atoms with Crippen molar-refractivity contribution in [3.8, 4) is 0 Å². The van der Waals surface area contributed by atoms with Crippen LogP contribution in [-0.4, -0.2) is 33.2 Å². The predicted molar refractivity (Wildman–Crippen MR) is 94.9 cm³/mol. The molecule has 0 saturated heterocycles. The molecule has 0 spiro atoms. The molecule has 1 N–H and O–H groups in total. The number of rotatable bonds is 5. The van der Waals surface area contributed by atoms with E-state index in [4.69, 9.17) is 27.9 Å². The van der Waals surface area contributed by atoms with E-state index in [-0.39, 0.29) is 26.2 Å². The Morgan fingerprint density at radius 1 is 1.08 bits per heavy atom. The molecule has 0 heterocycles. The van der Waals surface area contributed by atoms with Gasteiger partial charge in [0.25, 0.3) is 5.91 Å². The molecule has 0 aromatic heterocycles. The van der Waals surface area contributed by atoms with Gasteiger partial charge in [0.15, 0.2) is 16.4 Å². The van der Waals surface area contributed by atoms with E-state index in [2.05, 4.69) is 5.32 Å². The summed E-state index contributed by atoms with van der Waals surface area (Å²) in [5.41, 5.74) is 0.234. The molecule has 0 saturated carbocycles. The lowest BCUT2D eigenvalue weighted by molar-refractivity contribution is -0.119. The molecule has 9 heteroatoms. The van der Waals surface area contributed by atoms with Gasteiger partial charge in [-0.25, -0.2) is 13.2 Å². The van der Waals surface area contributed by atoms with Crippen molar-refractivity contribution in [2.75, 3.05) is 18.2 Å². The molecule has 132 valence electrons. The Morgan fingerprint density at radius 2 is 1.68 bits per heavy atom. The van der Waals surface area contributed by atoms with Crippen LogP contribution in [0.3, 0.4) is 0 Å². The van der Waals surface area contributed by atoms with Crippen molar-refractivity contribution in [1.82, 2.24) is 0 Å². The highest BCUT2D eigenvalue weighted by molar-refractivity contribution is 7.90. The summed E-state index contributed by atoms with van der Waals surface area (Å²) >= 11 is 11.9. The van der Waals surface area contributed by atoms with Crippen LogP contribution in [0.15, 0.2) is 47.4 Å². The lowest BCUT2D eigenvalue weighted by atomic mass is 10.2. The van der Waals surface area contributed by atoms with Gasteiger partial charge in [-0.3, -0.25) is 4.79 Å². The van der Waals surface area contributed by atoms with Gasteiger partial charge in [-0.2, -0.15) is 0 Å². The number of carbonyl (C=O) groups excluding carboxylic acids is 2. The maximum Gasteiger partial charge on any atom is 0.338 e. The minimum Gasteiger partial charge on any atom is -0.452 e. The Labute approximate surface area is 154 Å². The molecule has 0 fully saturated rings. The van der Waals surface area contributed by atoms with E-state index < -0.39 is 28.3 Å². The molecule has 2 aromatic rings. The number of carbonyl (C=O) groups is 2. The fourth-order valence-corrected chi connectivity index (χ4v) is 3.02. The van der Waals surface area contributed by atoms with Gasteiger partial charge in [0.05, 0.1) is 26.2 Å². The maximum atomic E-state index is 12.0. The summed E-state index contributed by atoms with van der Waals surface area (Å²) in [4.78, 5) is 23.8. The van der Waals surface area contributed by atoms with Gasteiger partial charge in [0, 0.05) is 6.26 Å². The molecule has 0 aliphatic carbocycles. The number of esters is 1. The van der Waals surface area contributed by atoms with Crippen LogP contribution in [0.4, 0.5) is 5.69 Å². The zero-order valence-electron chi connectivity index (χ0n) is 13.0. The second-order valence-corrected chi connectivity index (χ2v) is 7.85. The molecular weight excluding hydrogens is 389 g/mol. The number of hydrogen-bond donors (Lipinski definition) is 1. The summed E-state index contributed by atoms with van der Waals surface area (Å²) in [7, 11) is -3.46. The molecule has 0 aliphatic heterocycles. The van der Waals surface area contributed by atoms with Crippen molar-refractivity contribution in [2.45, 2.75) is 4.90 Å². The fraction of sp³-hybridized carbons (Fsp3) is 0.125. The maximum absolute atomic E-state index is 12.0. The zero-order valence-corrected chi connectivity index (χ0v) is 15.3. The Kier molecular flexibility index (Phi) is 6.05. The van der Waals surface area contributed by atoms with E-state index in [1.807, 2.05) is 0 Å². The van der Waals surface area contributed by atoms with E-state index in [0.717, 1.165) is 6.26 Å². The monoisotopic (exact) mass is 401 g/mol. The molecule has 0 radical (unpaired) electrons. The van der Waals surface area contributed by atoms with Gasteiger partial charge in [0.1, 0.15) is 0 Å². The third kappa shape index (κ3) is 5.19. The third-order valence-corrected chi connectivity index (χ3v) is 4.80. The number of nitrogens with one attached hydrogen (secondary N) is 1. The van der Waals surface area contributed by atoms with Crippen molar-refractivity contribution >= 4 is 50.6 Å². The lowest BCUT2D eigenvalue weighted by Gasteiger charge is -2.10. The van der Waals surface area contributed by atoms with Gasteiger partial charge in [-0.15, -0.1) is 0 Å². The summed E-state index contributed by atoms with van der Waals surface area (Å²) in [6, 6.07) is 10.1. The highest BCUT2D eigenvalue weighted by Crippen LogP contribution is 2.29. The number of sulfone groups is 1. The molecule has 0 bridgehead atoms. The Bertz CT molecular complexity index is 908. The number of hydrogen-bond acceptors (Lipinski definition) is 5. The first-order chi connectivity index (χ1) is 11.7. The average molecular weight is 402 g/mol. The van der Waals surface area contributed by atoms with Crippen molar-refractivity contribution < 1.29 is 22.7 Å². The number of ether oxygens (including phenoxy) is 1. The van der Waals surface area contributed by atoms with Crippen molar-refractivity contribution in [2.24, 2.45) is 0 Å². The molecule has 25 heavy (non-hydrogen) atoms. The van der Waals surface area contributed by atoms with Crippen LogP contribution in [0.2, 0.25) is 10.0 Å². The summed E-state index contributed by atoms with van der Waals surface area (Å²) in [6.45, 7) is -0.580. The molecule has 0 aliphatic rings. The molecule has 2 aromatic carbocycles. The minimum atomic E-state index is -3.46. The van der Waals surface area contributed by atoms with Gasteiger partial charge in [-0.1, -0.05) is 35.3 Å². The standard InChI is InChI=1S/C16H13Cl2NO5S/c1-25(22,23)11-5-2-4-10(8-11)16(21)24-9-14(20)19-15-12(17)6-3-7-13(15)18/h2-8H,9H2,1H3,(H,19,20). The number of benzene rings is 2. The molecule has 6 nitrogen and oxygen atoms in total. The smallest absolute Gasteiger partial charge is 0.338 e. The minimum absolute atomic E-state index is 0.0192. The Morgan fingerprint density at radius 3 is 2.28 bits per heavy atom. The van der Waals surface area contributed by atoms with E-state index in [1.54, 1.807) is 18.2 Å². The fourth-order valence-electron chi connectivity index (χ4n) is 1.86. The summed E-state index contributed by atoms with van der Waals surface area (Å²) in [5, 5.41) is 2.93. The molecule has 0 atom stereocenters. The van der Waals surface area contributed by atoms with E-state index in [1.165, 1.54) is 24.3 Å². The summed E-state index contributed by atoms with van der Waals surface area (Å²) in [6.07, 6.45) is 1.03. The van der Waals surface area contributed by atoms with Crippen LogP contribution >= 0.6 is 23.2 Å². The Balaban J connectivity index is 2.02. The lowest BCUT2D eigenvalue weighted by Crippen LogP contribution is -2.21. The molecular formula is C16H13Cl2NO5S. The highest BCUT2D eigenvalue weighted by Gasteiger charge is 2.15. The summed E-state index contributed by atoms with van der Waals surface area (Å²) in [5.74, 6) is -1.46. The highest BCUT2D eigenvalue weighted by atomic mass is 35.5. The van der Waals surface area contributed by atoms with Gasteiger partial charge in [0.2, 0.25) is 0 Å². The SMILES string of the molecule is CS(=O)(=O)c1cccc(C(=O)OCC(=O)Nc2c(Cl)cccc2Cl)c1. The average Bonchev–Trinajstić information content (AvgIpc) is 2.55. The molecule has 2 rings (SSSR count). The number of para-hydroxylation sites is 1. The van der Waals surface area contributed by atoms with Gasteiger partial charge < -0.3 is 10.1 Å². The van der Waals surface area contributed by atoms with Crippen LogP contribution in [0.25, 0.3) is 0 Å². The first-order valence-electron chi connectivity index (χ1n) is 6.89. The second-order valence-electron chi connectivity index (χ2n) is 5.02. The van der Waals surface area contributed by atoms with E-state index in [9.17, 15) is 18.0 Å². The van der Waals surface area contributed by atoms with Crippen LogP contribution in [0.5, 0.6) is 0 Å². The van der Waals surface area contributed by atoms with Crippen LogP contribution < -0.4 is 5.32 Å². The van der Waals surface area contributed by atoms with E-state index in [0.29, 0.717) is 0 Å². The number of halogens is 2. The first kappa shape index (κ1) is 19.2. The summed E-state index contributed by atoms with van der Waals surface area (Å²) < 4.78 is 27.9. The molecule has 1 amide bonds. The van der Waals surface area contributed by atoms with Crippen LogP contribution in [0.1, 0.15) is 10.4 Å². The van der Waals surface area contributed by atoms with Crippen molar-refractivity contribution in [3.05, 3.63) is 58.1 Å². The van der Waals surface area contributed by atoms with Gasteiger partial charge >= 0.3 is 5.97 Å². The largest absolute Gasteiger partial charge is 0.452 e.